The van der Waals surface area contributed by atoms with E-state index in [0.29, 0.717) is 12.3 Å². The minimum Gasteiger partial charge on any atom is -0.508 e. The van der Waals surface area contributed by atoms with E-state index in [1.165, 1.54) is 9.13 Å². The van der Waals surface area contributed by atoms with Crippen LogP contribution in [0.25, 0.3) is 0 Å². The Morgan fingerprint density at radius 1 is 1.17 bits per heavy atom. The Bertz CT molecular complexity index is 564. The second-order valence-electron chi connectivity index (χ2n) is 4.40. The third-order valence-corrected chi connectivity index (χ3v) is 4.14. The lowest BCUT2D eigenvalue weighted by Gasteiger charge is -2.12. The van der Waals surface area contributed by atoms with Crippen LogP contribution in [0.5, 0.6) is 5.75 Å². The van der Waals surface area contributed by atoms with Crippen LogP contribution in [0.2, 0.25) is 0 Å². The quantitative estimate of drug-likeness (QED) is 0.810. The van der Waals surface area contributed by atoms with E-state index in [1.807, 2.05) is 25.1 Å². The standard InChI is InChI=1S/C15H16INO/c1-10-6-7-15(18)12(8-10)9-17-14-5-3-4-13(16)11(14)2/h3-8,17-18H,9H2,1-2H3. The summed E-state index contributed by atoms with van der Waals surface area (Å²) in [6.07, 6.45) is 0. The molecule has 3 heteroatoms. The molecule has 0 unspecified atom stereocenters. The van der Waals surface area contributed by atoms with Crippen molar-refractivity contribution in [2.75, 3.05) is 5.32 Å². The minimum absolute atomic E-state index is 0.344. The van der Waals surface area contributed by atoms with Gasteiger partial charge >= 0.3 is 0 Å². The van der Waals surface area contributed by atoms with Gasteiger partial charge in [-0.2, -0.15) is 0 Å². The zero-order chi connectivity index (χ0) is 13.1. The zero-order valence-corrected chi connectivity index (χ0v) is 12.7. The molecule has 18 heavy (non-hydrogen) atoms. The Labute approximate surface area is 121 Å². The molecule has 94 valence electrons. The van der Waals surface area contributed by atoms with Gasteiger partial charge in [0, 0.05) is 21.4 Å². The molecule has 0 atom stereocenters. The van der Waals surface area contributed by atoms with Gasteiger partial charge < -0.3 is 10.4 Å². The van der Waals surface area contributed by atoms with Crippen LogP contribution >= 0.6 is 22.6 Å². The molecule has 0 aliphatic rings. The van der Waals surface area contributed by atoms with Crippen LogP contribution in [0.4, 0.5) is 5.69 Å². The van der Waals surface area contributed by atoms with E-state index in [2.05, 4.69) is 47.0 Å². The Kier molecular flexibility index (Phi) is 4.11. The molecule has 0 heterocycles. The van der Waals surface area contributed by atoms with Gasteiger partial charge in [0.2, 0.25) is 0 Å². The largest absolute Gasteiger partial charge is 0.508 e. The number of hydrogen-bond donors (Lipinski definition) is 2. The van der Waals surface area contributed by atoms with E-state index in [1.54, 1.807) is 6.07 Å². The first-order valence-corrected chi connectivity index (χ1v) is 6.93. The Morgan fingerprint density at radius 3 is 2.72 bits per heavy atom. The van der Waals surface area contributed by atoms with Crippen molar-refractivity contribution in [3.05, 3.63) is 56.7 Å². The number of rotatable bonds is 3. The molecule has 0 saturated heterocycles. The number of phenols is 1. The summed E-state index contributed by atoms with van der Waals surface area (Å²) in [4.78, 5) is 0. The number of halogens is 1. The molecule has 2 rings (SSSR count). The molecule has 0 radical (unpaired) electrons. The van der Waals surface area contributed by atoms with Crippen molar-refractivity contribution >= 4 is 28.3 Å². The maximum atomic E-state index is 9.80. The fourth-order valence-corrected chi connectivity index (χ4v) is 2.34. The highest BCUT2D eigenvalue weighted by Gasteiger charge is 2.04. The van der Waals surface area contributed by atoms with Crippen LogP contribution in [-0.4, -0.2) is 5.11 Å². The maximum absolute atomic E-state index is 9.80. The Balaban J connectivity index is 2.16. The molecule has 0 fully saturated rings. The molecular weight excluding hydrogens is 337 g/mol. The Hall–Kier alpha value is -1.23. The van der Waals surface area contributed by atoms with Crippen molar-refractivity contribution in [1.29, 1.82) is 0 Å². The monoisotopic (exact) mass is 353 g/mol. The molecule has 0 spiro atoms. The highest BCUT2D eigenvalue weighted by Crippen LogP contribution is 2.23. The molecular formula is C15H16INO. The molecule has 2 aromatic rings. The third-order valence-electron chi connectivity index (χ3n) is 2.97. The lowest BCUT2D eigenvalue weighted by molar-refractivity contribution is 0.469. The number of nitrogens with one attached hydrogen (secondary N) is 1. The lowest BCUT2D eigenvalue weighted by Crippen LogP contribution is -2.02. The summed E-state index contributed by atoms with van der Waals surface area (Å²) in [5, 5.41) is 13.2. The summed E-state index contributed by atoms with van der Waals surface area (Å²) in [5.74, 6) is 0.344. The molecule has 0 aromatic heterocycles. The van der Waals surface area contributed by atoms with Gasteiger partial charge in [-0.1, -0.05) is 23.8 Å². The number of aryl methyl sites for hydroxylation is 1. The van der Waals surface area contributed by atoms with Gasteiger partial charge in [-0.05, 0) is 60.2 Å². The minimum atomic E-state index is 0.344. The summed E-state index contributed by atoms with van der Waals surface area (Å²) >= 11 is 2.33. The smallest absolute Gasteiger partial charge is 0.120 e. The predicted octanol–water partition coefficient (Wildman–Crippen LogP) is 4.23. The zero-order valence-electron chi connectivity index (χ0n) is 10.5. The van der Waals surface area contributed by atoms with E-state index in [-0.39, 0.29) is 0 Å². The SMILES string of the molecule is Cc1ccc(O)c(CNc2cccc(I)c2C)c1. The van der Waals surface area contributed by atoms with Crippen molar-refractivity contribution < 1.29 is 5.11 Å². The van der Waals surface area contributed by atoms with Gasteiger partial charge in [-0.3, -0.25) is 0 Å². The molecule has 0 aliphatic heterocycles. The van der Waals surface area contributed by atoms with Crippen molar-refractivity contribution in [3.63, 3.8) is 0 Å². The number of anilines is 1. The highest BCUT2D eigenvalue weighted by atomic mass is 127. The van der Waals surface area contributed by atoms with Crippen molar-refractivity contribution in [2.45, 2.75) is 20.4 Å². The molecule has 2 aromatic carbocycles. The van der Waals surface area contributed by atoms with Gasteiger partial charge in [0.25, 0.3) is 0 Å². The molecule has 0 bridgehead atoms. The predicted molar refractivity (Wildman–Crippen MR) is 84.1 cm³/mol. The first kappa shape index (κ1) is 13.2. The Morgan fingerprint density at radius 2 is 1.94 bits per heavy atom. The van der Waals surface area contributed by atoms with Crippen LogP contribution in [0, 0.1) is 17.4 Å². The van der Waals surface area contributed by atoms with Crippen LogP contribution in [0.15, 0.2) is 36.4 Å². The second kappa shape index (κ2) is 5.61. The summed E-state index contributed by atoms with van der Waals surface area (Å²) < 4.78 is 1.24. The fraction of sp³-hybridized carbons (Fsp3) is 0.200. The molecule has 0 saturated carbocycles. The van der Waals surface area contributed by atoms with Gasteiger partial charge in [-0.15, -0.1) is 0 Å². The number of aromatic hydroxyl groups is 1. The van der Waals surface area contributed by atoms with Gasteiger partial charge in [0.05, 0.1) is 0 Å². The normalized spacial score (nSPS) is 10.4. The topological polar surface area (TPSA) is 32.3 Å². The summed E-state index contributed by atoms with van der Waals surface area (Å²) in [5.41, 5.74) is 4.44. The van der Waals surface area contributed by atoms with E-state index in [9.17, 15) is 5.11 Å². The number of hydrogen-bond acceptors (Lipinski definition) is 2. The van der Waals surface area contributed by atoms with Crippen LogP contribution in [0.1, 0.15) is 16.7 Å². The van der Waals surface area contributed by atoms with Crippen molar-refractivity contribution in [1.82, 2.24) is 0 Å². The fourth-order valence-electron chi connectivity index (χ4n) is 1.85. The van der Waals surface area contributed by atoms with E-state index < -0.39 is 0 Å². The van der Waals surface area contributed by atoms with E-state index in [4.69, 9.17) is 0 Å². The summed E-state index contributed by atoms with van der Waals surface area (Å²) in [6, 6.07) is 11.8. The van der Waals surface area contributed by atoms with Gasteiger partial charge in [0.1, 0.15) is 5.75 Å². The van der Waals surface area contributed by atoms with E-state index in [0.717, 1.165) is 16.8 Å². The first-order chi connectivity index (χ1) is 8.58. The van der Waals surface area contributed by atoms with Crippen LogP contribution < -0.4 is 5.32 Å². The molecule has 2 N–H and O–H groups in total. The first-order valence-electron chi connectivity index (χ1n) is 5.85. The maximum Gasteiger partial charge on any atom is 0.120 e. The number of benzene rings is 2. The van der Waals surface area contributed by atoms with Crippen molar-refractivity contribution in [2.24, 2.45) is 0 Å². The average molecular weight is 353 g/mol. The lowest BCUT2D eigenvalue weighted by atomic mass is 10.1. The molecule has 2 nitrogen and oxygen atoms in total. The van der Waals surface area contributed by atoms with Crippen molar-refractivity contribution in [3.8, 4) is 5.75 Å². The number of phenolic OH excluding ortho intramolecular Hbond substituents is 1. The average Bonchev–Trinajstić information content (AvgIpc) is 2.35. The molecule has 0 amide bonds. The van der Waals surface area contributed by atoms with Gasteiger partial charge in [-0.25, -0.2) is 0 Å². The third kappa shape index (κ3) is 2.96. The molecule has 0 aliphatic carbocycles. The second-order valence-corrected chi connectivity index (χ2v) is 5.56. The summed E-state index contributed by atoms with van der Waals surface area (Å²) in [6.45, 7) is 4.76. The highest BCUT2D eigenvalue weighted by molar-refractivity contribution is 14.1. The van der Waals surface area contributed by atoms with Crippen LogP contribution in [0.3, 0.4) is 0 Å². The van der Waals surface area contributed by atoms with E-state index >= 15 is 0 Å². The van der Waals surface area contributed by atoms with Crippen LogP contribution in [-0.2, 0) is 6.54 Å². The van der Waals surface area contributed by atoms with Gasteiger partial charge in [0.15, 0.2) is 0 Å². The summed E-state index contributed by atoms with van der Waals surface area (Å²) in [7, 11) is 0.